The monoisotopic (exact) mass is 206 g/mol. The summed E-state index contributed by atoms with van der Waals surface area (Å²) in [6.45, 7) is 1.01. The fourth-order valence-corrected chi connectivity index (χ4v) is 2.94. The first-order chi connectivity index (χ1) is 7.93. The predicted octanol–water partition coefficient (Wildman–Crippen LogP) is 2.49. The molecular formula is C15H12N+. The Morgan fingerprint density at radius 2 is 2.06 bits per heavy atom. The van der Waals surface area contributed by atoms with E-state index in [1.54, 1.807) is 0 Å². The van der Waals surface area contributed by atoms with E-state index in [9.17, 15) is 0 Å². The third-order valence-corrected chi connectivity index (χ3v) is 3.64. The molecular weight excluding hydrogens is 194 g/mol. The van der Waals surface area contributed by atoms with E-state index in [1.165, 1.54) is 22.4 Å². The Balaban J connectivity index is 2.04. The molecule has 16 heavy (non-hydrogen) atoms. The molecule has 1 atom stereocenters. The molecule has 0 spiro atoms. The molecule has 0 N–H and O–H groups in total. The van der Waals surface area contributed by atoms with Crippen molar-refractivity contribution >= 4 is 6.08 Å². The quantitative estimate of drug-likeness (QED) is 0.583. The van der Waals surface area contributed by atoms with E-state index in [4.69, 9.17) is 0 Å². The van der Waals surface area contributed by atoms with Crippen molar-refractivity contribution < 1.29 is 4.57 Å². The van der Waals surface area contributed by atoms with Gasteiger partial charge >= 0.3 is 0 Å². The standard InChI is InChI=1S/C15H12N/c1-2-9-16-10-12-5-3-4-11-7-8-13(15(11)12)14(16)6-1/h1-9,13H,10H2/q+1. The van der Waals surface area contributed by atoms with Crippen LogP contribution in [0.3, 0.4) is 0 Å². The summed E-state index contributed by atoms with van der Waals surface area (Å²) in [7, 11) is 0. The molecule has 1 aromatic carbocycles. The van der Waals surface area contributed by atoms with Crippen molar-refractivity contribution in [1.82, 2.24) is 0 Å². The third kappa shape index (κ3) is 0.929. The van der Waals surface area contributed by atoms with Gasteiger partial charge in [0, 0.05) is 17.7 Å². The van der Waals surface area contributed by atoms with Crippen molar-refractivity contribution in [2.75, 3.05) is 0 Å². The van der Waals surface area contributed by atoms with Crippen molar-refractivity contribution in [3.05, 3.63) is 71.1 Å². The Labute approximate surface area is 94.7 Å². The zero-order chi connectivity index (χ0) is 10.5. The molecule has 0 amide bonds. The Morgan fingerprint density at radius 1 is 1.06 bits per heavy atom. The number of benzene rings is 1. The van der Waals surface area contributed by atoms with Gasteiger partial charge in [0.15, 0.2) is 18.4 Å². The Bertz CT molecular complexity index is 611. The number of nitrogens with zero attached hydrogens (tertiary/aromatic N) is 1. The van der Waals surface area contributed by atoms with Crippen molar-refractivity contribution in [2.45, 2.75) is 12.5 Å². The largest absolute Gasteiger partial charge is 0.197 e. The highest BCUT2D eigenvalue weighted by Gasteiger charge is 2.33. The van der Waals surface area contributed by atoms with Crippen LogP contribution in [0.2, 0.25) is 0 Å². The minimum atomic E-state index is 0.473. The summed E-state index contributed by atoms with van der Waals surface area (Å²) in [6.07, 6.45) is 6.75. The fourth-order valence-electron chi connectivity index (χ4n) is 2.94. The van der Waals surface area contributed by atoms with Gasteiger partial charge < -0.3 is 0 Å². The maximum Gasteiger partial charge on any atom is 0.193 e. The van der Waals surface area contributed by atoms with Crippen molar-refractivity contribution in [3.8, 4) is 0 Å². The summed E-state index contributed by atoms with van der Waals surface area (Å²) in [5.41, 5.74) is 5.80. The molecule has 76 valence electrons. The number of allylic oxidation sites excluding steroid dienone is 1. The summed E-state index contributed by atoms with van der Waals surface area (Å²) >= 11 is 0. The first-order valence-electron chi connectivity index (χ1n) is 5.72. The smallest absolute Gasteiger partial charge is 0.193 e. The highest BCUT2D eigenvalue weighted by atomic mass is 15.0. The summed E-state index contributed by atoms with van der Waals surface area (Å²) in [4.78, 5) is 0. The van der Waals surface area contributed by atoms with Crippen LogP contribution < -0.4 is 4.57 Å². The number of hydrogen-bond donors (Lipinski definition) is 0. The van der Waals surface area contributed by atoms with Gasteiger partial charge in [0.1, 0.15) is 0 Å². The molecule has 0 saturated heterocycles. The highest BCUT2D eigenvalue weighted by Crippen LogP contribution is 2.38. The second-order valence-electron chi connectivity index (χ2n) is 4.51. The Kier molecular flexibility index (Phi) is 1.46. The number of rotatable bonds is 0. The predicted molar refractivity (Wildman–Crippen MR) is 63.1 cm³/mol. The lowest BCUT2D eigenvalue weighted by molar-refractivity contribution is -0.698. The number of pyridine rings is 1. The lowest BCUT2D eigenvalue weighted by Crippen LogP contribution is -2.43. The van der Waals surface area contributed by atoms with Crippen molar-refractivity contribution in [2.24, 2.45) is 0 Å². The minimum absolute atomic E-state index is 0.473. The first kappa shape index (κ1) is 8.28. The average Bonchev–Trinajstić information content (AvgIpc) is 2.76. The van der Waals surface area contributed by atoms with Crippen LogP contribution in [-0.4, -0.2) is 0 Å². The summed E-state index contributed by atoms with van der Waals surface area (Å²) < 4.78 is 2.35. The maximum atomic E-state index is 2.35. The van der Waals surface area contributed by atoms with Crippen LogP contribution in [0.4, 0.5) is 0 Å². The molecule has 0 saturated carbocycles. The first-order valence-corrected chi connectivity index (χ1v) is 5.72. The van der Waals surface area contributed by atoms with Gasteiger partial charge in [-0.05, 0) is 11.1 Å². The van der Waals surface area contributed by atoms with Gasteiger partial charge in [-0.3, -0.25) is 0 Å². The molecule has 0 fully saturated rings. The van der Waals surface area contributed by atoms with E-state index in [2.05, 4.69) is 59.3 Å². The van der Waals surface area contributed by atoms with Gasteiger partial charge in [-0.1, -0.05) is 36.4 Å². The highest BCUT2D eigenvalue weighted by molar-refractivity contribution is 5.66. The molecule has 1 heteroatoms. The number of aromatic nitrogens is 1. The number of fused-ring (bicyclic) bond motifs is 2. The molecule has 1 aliphatic carbocycles. The molecule has 2 heterocycles. The molecule has 0 bridgehead atoms. The summed E-state index contributed by atoms with van der Waals surface area (Å²) in [6, 6.07) is 13.1. The second kappa shape index (κ2) is 2.82. The minimum Gasteiger partial charge on any atom is -0.197 e. The van der Waals surface area contributed by atoms with Gasteiger partial charge in [-0.25, -0.2) is 0 Å². The Hall–Kier alpha value is -1.89. The molecule has 0 radical (unpaired) electrons. The van der Waals surface area contributed by atoms with Crippen LogP contribution >= 0.6 is 0 Å². The molecule has 2 aromatic rings. The maximum absolute atomic E-state index is 2.35. The lowest BCUT2D eigenvalue weighted by Gasteiger charge is -2.19. The lowest BCUT2D eigenvalue weighted by atomic mass is 9.89. The average molecular weight is 206 g/mol. The molecule has 1 nitrogen and oxygen atoms in total. The zero-order valence-electron chi connectivity index (χ0n) is 8.93. The van der Waals surface area contributed by atoms with E-state index in [0.717, 1.165) is 6.54 Å². The van der Waals surface area contributed by atoms with Gasteiger partial charge in [0.25, 0.3) is 0 Å². The van der Waals surface area contributed by atoms with Crippen LogP contribution in [0.1, 0.15) is 28.3 Å². The van der Waals surface area contributed by atoms with E-state index < -0.39 is 0 Å². The molecule has 2 aliphatic rings. The van der Waals surface area contributed by atoms with E-state index in [1.807, 2.05) is 0 Å². The molecule has 1 aliphatic heterocycles. The van der Waals surface area contributed by atoms with Crippen LogP contribution in [0.5, 0.6) is 0 Å². The van der Waals surface area contributed by atoms with Crippen molar-refractivity contribution in [1.29, 1.82) is 0 Å². The molecule has 4 rings (SSSR count). The van der Waals surface area contributed by atoms with Crippen LogP contribution in [0.25, 0.3) is 6.08 Å². The molecule has 1 aromatic heterocycles. The zero-order valence-corrected chi connectivity index (χ0v) is 8.93. The van der Waals surface area contributed by atoms with Gasteiger partial charge in [0.2, 0.25) is 0 Å². The van der Waals surface area contributed by atoms with Crippen LogP contribution in [0, 0.1) is 0 Å². The fraction of sp³-hybridized carbons (Fsp3) is 0.133. The van der Waals surface area contributed by atoms with Crippen LogP contribution in [-0.2, 0) is 6.54 Å². The second-order valence-corrected chi connectivity index (χ2v) is 4.51. The SMILES string of the molecule is C1=CC2c3c1cccc3C[n+]1ccccc12. The van der Waals surface area contributed by atoms with E-state index >= 15 is 0 Å². The molecule has 1 unspecified atom stereocenters. The van der Waals surface area contributed by atoms with Crippen molar-refractivity contribution in [3.63, 3.8) is 0 Å². The van der Waals surface area contributed by atoms with Gasteiger partial charge in [0.05, 0.1) is 5.92 Å². The topological polar surface area (TPSA) is 3.88 Å². The summed E-state index contributed by atoms with van der Waals surface area (Å²) in [5.74, 6) is 0.473. The summed E-state index contributed by atoms with van der Waals surface area (Å²) in [5, 5.41) is 0. The van der Waals surface area contributed by atoms with Gasteiger partial charge in [-0.2, -0.15) is 4.57 Å². The van der Waals surface area contributed by atoms with Gasteiger partial charge in [-0.15, -0.1) is 0 Å². The van der Waals surface area contributed by atoms with E-state index in [0.29, 0.717) is 5.92 Å². The van der Waals surface area contributed by atoms with Crippen LogP contribution in [0.15, 0.2) is 48.7 Å². The van der Waals surface area contributed by atoms with E-state index in [-0.39, 0.29) is 0 Å². The Morgan fingerprint density at radius 3 is 3.06 bits per heavy atom. The normalized spacial score (nSPS) is 19.4. The third-order valence-electron chi connectivity index (χ3n) is 3.64. The number of hydrogen-bond acceptors (Lipinski definition) is 0.